The zero-order valence-corrected chi connectivity index (χ0v) is 9.00. The number of aryl methyl sites for hydroxylation is 1. The van der Waals surface area contributed by atoms with Crippen LogP contribution < -0.4 is 5.73 Å². The summed E-state index contributed by atoms with van der Waals surface area (Å²) in [7, 11) is 0. The molecular formula is C12H16F3N. The normalized spacial score (nSPS) is 13.8. The lowest BCUT2D eigenvalue weighted by Gasteiger charge is -2.19. The minimum absolute atomic E-state index is 0.0103. The molecule has 0 heterocycles. The molecule has 0 spiro atoms. The first-order valence-corrected chi connectivity index (χ1v) is 5.34. The molecule has 1 rings (SSSR count). The highest BCUT2D eigenvalue weighted by Gasteiger charge is 2.38. The third-order valence-corrected chi connectivity index (χ3v) is 2.60. The first-order valence-electron chi connectivity index (χ1n) is 5.34. The third kappa shape index (κ3) is 4.23. The van der Waals surface area contributed by atoms with Crippen LogP contribution in [-0.4, -0.2) is 12.7 Å². The van der Waals surface area contributed by atoms with Gasteiger partial charge in [-0.3, -0.25) is 0 Å². The molecule has 0 aliphatic carbocycles. The zero-order valence-electron chi connectivity index (χ0n) is 9.00. The molecule has 1 aromatic carbocycles. The molecule has 1 nitrogen and oxygen atoms in total. The van der Waals surface area contributed by atoms with Crippen LogP contribution in [0.3, 0.4) is 0 Å². The fraction of sp³-hybridized carbons (Fsp3) is 0.500. The molecule has 0 fully saturated rings. The van der Waals surface area contributed by atoms with Crippen LogP contribution in [0.2, 0.25) is 0 Å². The second kappa shape index (κ2) is 5.89. The Kier molecular flexibility index (Phi) is 4.80. The monoisotopic (exact) mass is 231 g/mol. The van der Waals surface area contributed by atoms with Crippen molar-refractivity contribution in [3.63, 3.8) is 0 Å². The van der Waals surface area contributed by atoms with Gasteiger partial charge in [-0.05, 0) is 31.4 Å². The van der Waals surface area contributed by atoms with E-state index in [9.17, 15) is 13.2 Å². The highest BCUT2D eigenvalue weighted by atomic mass is 19.4. The predicted octanol–water partition coefficient (Wildman–Crippen LogP) is 3.15. The van der Waals surface area contributed by atoms with Gasteiger partial charge in [0.1, 0.15) is 0 Å². The molecule has 1 aromatic rings. The summed E-state index contributed by atoms with van der Waals surface area (Å²) < 4.78 is 37.7. The number of benzene rings is 1. The summed E-state index contributed by atoms with van der Waals surface area (Å²) in [4.78, 5) is 0. The molecule has 0 aliphatic rings. The summed E-state index contributed by atoms with van der Waals surface area (Å²) in [6, 6.07) is 9.21. The van der Waals surface area contributed by atoms with Crippen molar-refractivity contribution in [2.24, 2.45) is 11.7 Å². The largest absolute Gasteiger partial charge is 0.391 e. The topological polar surface area (TPSA) is 26.0 Å². The molecule has 0 amide bonds. The van der Waals surface area contributed by atoms with Gasteiger partial charge in [-0.2, -0.15) is 13.2 Å². The number of rotatable bonds is 5. The summed E-state index contributed by atoms with van der Waals surface area (Å²) in [5, 5.41) is 0. The second-order valence-corrected chi connectivity index (χ2v) is 3.84. The van der Waals surface area contributed by atoms with Crippen LogP contribution in [0.5, 0.6) is 0 Å². The fourth-order valence-corrected chi connectivity index (χ4v) is 1.66. The summed E-state index contributed by atoms with van der Waals surface area (Å²) in [6.45, 7) is 0.0823. The molecule has 1 unspecified atom stereocenters. The number of nitrogens with two attached hydrogens (primary N) is 1. The molecule has 0 aromatic heterocycles. The first kappa shape index (κ1) is 13.0. The number of halogens is 3. The van der Waals surface area contributed by atoms with Crippen LogP contribution in [0.1, 0.15) is 18.4 Å². The molecule has 90 valence electrons. The van der Waals surface area contributed by atoms with E-state index in [1.165, 1.54) is 0 Å². The van der Waals surface area contributed by atoms with E-state index in [0.29, 0.717) is 6.42 Å². The van der Waals surface area contributed by atoms with Crippen LogP contribution in [0.15, 0.2) is 30.3 Å². The van der Waals surface area contributed by atoms with Crippen LogP contribution in [0.25, 0.3) is 0 Å². The molecule has 0 saturated heterocycles. The second-order valence-electron chi connectivity index (χ2n) is 3.84. The lowest BCUT2D eigenvalue weighted by Crippen LogP contribution is -2.26. The Morgan fingerprint density at radius 2 is 1.69 bits per heavy atom. The van der Waals surface area contributed by atoms with Gasteiger partial charge < -0.3 is 5.73 Å². The van der Waals surface area contributed by atoms with Gasteiger partial charge in [0.2, 0.25) is 0 Å². The first-order chi connectivity index (χ1) is 7.54. The third-order valence-electron chi connectivity index (χ3n) is 2.60. The van der Waals surface area contributed by atoms with Crippen molar-refractivity contribution >= 4 is 0 Å². The van der Waals surface area contributed by atoms with Gasteiger partial charge in [-0.25, -0.2) is 0 Å². The van der Waals surface area contributed by atoms with Crippen molar-refractivity contribution in [3.8, 4) is 0 Å². The Morgan fingerprint density at radius 1 is 1.06 bits per heavy atom. The summed E-state index contributed by atoms with van der Waals surface area (Å²) in [5.41, 5.74) is 6.13. The Morgan fingerprint density at radius 3 is 2.19 bits per heavy atom. The van der Waals surface area contributed by atoms with Gasteiger partial charge >= 0.3 is 6.18 Å². The Labute approximate surface area is 93.5 Å². The number of alkyl halides is 3. The fourth-order valence-electron chi connectivity index (χ4n) is 1.66. The quantitative estimate of drug-likeness (QED) is 0.827. The summed E-state index contributed by atoms with van der Waals surface area (Å²) in [5.74, 6) is -1.28. The number of hydrogen-bond acceptors (Lipinski definition) is 1. The lowest BCUT2D eigenvalue weighted by atomic mass is 9.96. The summed E-state index contributed by atoms with van der Waals surface area (Å²) in [6.07, 6.45) is -3.56. The van der Waals surface area contributed by atoms with Gasteiger partial charge in [0.25, 0.3) is 0 Å². The minimum Gasteiger partial charge on any atom is -0.330 e. The van der Waals surface area contributed by atoms with E-state index in [-0.39, 0.29) is 19.4 Å². The van der Waals surface area contributed by atoms with Crippen molar-refractivity contribution in [2.45, 2.75) is 25.4 Å². The maximum absolute atomic E-state index is 12.6. The highest BCUT2D eigenvalue weighted by Crippen LogP contribution is 2.32. The highest BCUT2D eigenvalue weighted by molar-refractivity contribution is 5.14. The van der Waals surface area contributed by atoms with Gasteiger partial charge in [-0.1, -0.05) is 30.3 Å². The van der Waals surface area contributed by atoms with E-state index in [2.05, 4.69) is 0 Å². The van der Waals surface area contributed by atoms with E-state index >= 15 is 0 Å². The van der Waals surface area contributed by atoms with E-state index < -0.39 is 12.1 Å². The van der Waals surface area contributed by atoms with Crippen LogP contribution in [-0.2, 0) is 6.42 Å². The van der Waals surface area contributed by atoms with Gasteiger partial charge in [0.15, 0.2) is 0 Å². The summed E-state index contributed by atoms with van der Waals surface area (Å²) >= 11 is 0. The maximum atomic E-state index is 12.6. The van der Waals surface area contributed by atoms with E-state index in [4.69, 9.17) is 5.73 Å². The van der Waals surface area contributed by atoms with Gasteiger partial charge in [0.05, 0.1) is 5.92 Å². The number of hydrogen-bond donors (Lipinski definition) is 1. The molecule has 1 atom stereocenters. The Hall–Kier alpha value is -1.03. The van der Waals surface area contributed by atoms with Crippen molar-refractivity contribution in [1.82, 2.24) is 0 Å². The molecule has 0 saturated carbocycles. The molecule has 0 radical (unpaired) electrons. The SMILES string of the molecule is NCCC(CCc1ccccc1)C(F)(F)F. The van der Waals surface area contributed by atoms with E-state index in [1.807, 2.05) is 30.3 Å². The zero-order chi connectivity index (χ0) is 12.0. The molecule has 16 heavy (non-hydrogen) atoms. The molecule has 2 N–H and O–H groups in total. The Bertz CT molecular complexity index is 295. The molecule has 0 aliphatic heterocycles. The maximum Gasteiger partial charge on any atom is 0.391 e. The minimum atomic E-state index is -4.13. The van der Waals surface area contributed by atoms with Crippen LogP contribution >= 0.6 is 0 Å². The standard InChI is InChI=1S/C12H16F3N/c13-12(14,15)11(8-9-16)7-6-10-4-2-1-3-5-10/h1-5,11H,6-9,16H2. The van der Waals surface area contributed by atoms with Gasteiger partial charge in [0, 0.05) is 0 Å². The van der Waals surface area contributed by atoms with E-state index in [1.54, 1.807) is 0 Å². The lowest BCUT2D eigenvalue weighted by molar-refractivity contribution is -0.177. The van der Waals surface area contributed by atoms with Crippen LogP contribution in [0.4, 0.5) is 13.2 Å². The molecule has 4 heteroatoms. The average Bonchev–Trinajstić information content (AvgIpc) is 2.24. The average molecular weight is 231 g/mol. The van der Waals surface area contributed by atoms with Crippen molar-refractivity contribution in [1.29, 1.82) is 0 Å². The Balaban J connectivity index is 2.51. The van der Waals surface area contributed by atoms with Crippen molar-refractivity contribution in [3.05, 3.63) is 35.9 Å². The predicted molar refractivity (Wildman–Crippen MR) is 58.0 cm³/mol. The van der Waals surface area contributed by atoms with Crippen LogP contribution in [0, 0.1) is 5.92 Å². The molecular weight excluding hydrogens is 215 g/mol. The van der Waals surface area contributed by atoms with Gasteiger partial charge in [-0.15, -0.1) is 0 Å². The van der Waals surface area contributed by atoms with Crippen molar-refractivity contribution < 1.29 is 13.2 Å². The molecule has 0 bridgehead atoms. The van der Waals surface area contributed by atoms with Crippen molar-refractivity contribution in [2.75, 3.05) is 6.54 Å². The van der Waals surface area contributed by atoms with E-state index in [0.717, 1.165) is 5.56 Å². The smallest absolute Gasteiger partial charge is 0.330 e.